The molecular formula is C20H27N3O4. The molecule has 2 N–H and O–H groups in total. The summed E-state index contributed by atoms with van der Waals surface area (Å²) >= 11 is 0. The molecule has 2 saturated heterocycles. The van der Waals surface area contributed by atoms with Gasteiger partial charge in [0.2, 0.25) is 11.8 Å². The van der Waals surface area contributed by atoms with Crippen LogP contribution in [0.25, 0.3) is 0 Å². The van der Waals surface area contributed by atoms with Crippen LogP contribution >= 0.6 is 0 Å². The van der Waals surface area contributed by atoms with E-state index in [2.05, 4.69) is 41.8 Å². The van der Waals surface area contributed by atoms with Crippen LogP contribution < -0.4 is 10.6 Å². The summed E-state index contributed by atoms with van der Waals surface area (Å²) in [7, 11) is 0. The SMILES string of the molecule is Cc1cccc(C2(CNC(=O)CCCN3C(=O)CNC3=O)CCOCC2)c1. The molecule has 146 valence electrons. The maximum absolute atomic E-state index is 12.3. The van der Waals surface area contributed by atoms with E-state index in [1.165, 1.54) is 16.0 Å². The summed E-state index contributed by atoms with van der Waals surface area (Å²) < 4.78 is 5.54. The highest BCUT2D eigenvalue weighted by atomic mass is 16.5. The van der Waals surface area contributed by atoms with Crippen LogP contribution in [-0.2, 0) is 19.7 Å². The standard InChI is InChI=1S/C20H27N3O4/c1-15-4-2-5-16(12-15)20(7-10-27-11-8-20)14-22-17(24)6-3-9-23-18(25)13-21-19(23)26/h2,4-5,12H,3,6-11,13-14H2,1H3,(H,21,26)(H,22,24). The molecule has 0 bridgehead atoms. The summed E-state index contributed by atoms with van der Waals surface area (Å²) in [5.41, 5.74) is 2.34. The van der Waals surface area contributed by atoms with E-state index in [9.17, 15) is 14.4 Å². The van der Waals surface area contributed by atoms with Crippen LogP contribution in [0.1, 0.15) is 36.8 Å². The molecule has 0 atom stereocenters. The molecule has 0 spiro atoms. The quantitative estimate of drug-likeness (QED) is 0.709. The summed E-state index contributed by atoms with van der Waals surface area (Å²) in [6.07, 6.45) is 2.50. The molecule has 2 heterocycles. The summed E-state index contributed by atoms with van der Waals surface area (Å²) in [5, 5.41) is 5.54. The van der Waals surface area contributed by atoms with E-state index >= 15 is 0 Å². The summed E-state index contributed by atoms with van der Waals surface area (Å²) in [4.78, 5) is 36.5. The number of urea groups is 1. The van der Waals surface area contributed by atoms with Crippen LogP contribution in [0.3, 0.4) is 0 Å². The summed E-state index contributed by atoms with van der Waals surface area (Å²) in [6, 6.07) is 8.07. The van der Waals surface area contributed by atoms with Crippen molar-refractivity contribution in [1.29, 1.82) is 0 Å². The van der Waals surface area contributed by atoms with E-state index in [0.717, 1.165) is 12.8 Å². The lowest BCUT2D eigenvalue weighted by atomic mass is 9.73. The second-order valence-corrected chi connectivity index (χ2v) is 7.35. The molecule has 1 aromatic carbocycles. The van der Waals surface area contributed by atoms with Gasteiger partial charge in [-0.2, -0.15) is 0 Å². The number of nitrogens with zero attached hydrogens (tertiary/aromatic N) is 1. The number of carbonyl (C=O) groups is 3. The van der Waals surface area contributed by atoms with Crippen LogP contribution in [0.2, 0.25) is 0 Å². The zero-order valence-corrected chi connectivity index (χ0v) is 15.8. The van der Waals surface area contributed by atoms with E-state index in [0.29, 0.717) is 26.2 Å². The van der Waals surface area contributed by atoms with Crippen LogP contribution in [0.5, 0.6) is 0 Å². The lowest BCUT2D eigenvalue weighted by Gasteiger charge is -2.38. The van der Waals surface area contributed by atoms with E-state index in [1.54, 1.807) is 0 Å². The Kier molecular flexibility index (Phi) is 6.11. The van der Waals surface area contributed by atoms with E-state index < -0.39 is 0 Å². The van der Waals surface area contributed by atoms with Gasteiger partial charge in [-0.15, -0.1) is 0 Å². The highest BCUT2D eigenvalue weighted by Crippen LogP contribution is 2.34. The number of amides is 4. The average Bonchev–Trinajstić information content (AvgIpc) is 2.99. The minimum absolute atomic E-state index is 0.0477. The van der Waals surface area contributed by atoms with Gasteiger partial charge in [-0.25, -0.2) is 4.79 Å². The number of carbonyl (C=O) groups excluding carboxylic acids is 3. The fourth-order valence-electron chi connectivity index (χ4n) is 3.74. The lowest BCUT2D eigenvalue weighted by Crippen LogP contribution is -2.44. The first kappa shape index (κ1) is 19.4. The average molecular weight is 373 g/mol. The molecule has 2 aliphatic rings. The fraction of sp³-hybridized carbons (Fsp3) is 0.550. The minimum atomic E-state index is -0.374. The van der Waals surface area contributed by atoms with Crippen molar-refractivity contribution in [3.8, 4) is 0 Å². The molecule has 0 saturated carbocycles. The van der Waals surface area contributed by atoms with E-state index in [4.69, 9.17) is 4.74 Å². The van der Waals surface area contributed by atoms with Crippen LogP contribution in [0.15, 0.2) is 24.3 Å². The summed E-state index contributed by atoms with van der Waals surface area (Å²) in [6.45, 7) is 4.35. The Morgan fingerprint density at radius 3 is 2.74 bits per heavy atom. The molecule has 0 radical (unpaired) electrons. The van der Waals surface area contributed by atoms with Gasteiger partial charge in [-0.1, -0.05) is 29.8 Å². The van der Waals surface area contributed by atoms with Crippen molar-refractivity contribution in [2.75, 3.05) is 32.8 Å². The molecule has 2 aliphatic heterocycles. The third-order valence-electron chi connectivity index (χ3n) is 5.43. The van der Waals surface area contributed by atoms with Crippen molar-refractivity contribution in [1.82, 2.24) is 15.5 Å². The van der Waals surface area contributed by atoms with Crippen LogP contribution in [0.4, 0.5) is 4.79 Å². The van der Waals surface area contributed by atoms with Gasteiger partial charge in [0.1, 0.15) is 0 Å². The van der Waals surface area contributed by atoms with Crippen molar-refractivity contribution in [2.24, 2.45) is 0 Å². The third-order valence-corrected chi connectivity index (χ3v) is 5.43. The smallest absolute Gasteiger partial charge is 0.324 e. The van der Waals surface area contributed by atoms with Crippen molar-refractivity contribution in [3.63, 3.8) is 0 Å². The first-order chi connectivity index (χ1) is 13.0. The van der Waals surface area contributed by atoms with E-state index in [1.807, 2.05) is 0 Å². The van der Waals surface area contributed by atoms with Gasteiger partial charge < -0.3 is 15.4 Å². The van der Waals surface area contributed by atoms with Gasteiger partial charge in [0.25, 0.3) is 0 Å². The maximum atomic E-state index is 12.3. The van der Waals surface area contributed by atoms with Gasteiger partial charge in [0, 0.05) is 38.1 Å². The predicted octanol–water partition coefficient (Wildman–Crippen LogP) is 1.49. The van der Waals surface area contributed by atoms with Crippen LogP contribution in [0, 0.1) is 6.92 Å². The second-order valence-electron chi connectivity index (χ2n) is 7.35. The first-order valence-electron chi connectivity index (χ1n) is 9.50. The highest BCUT2D eigenvalue weighted by molar-refractivity contribution is 6.01. The molecule has 7 heteroatoms. The Bertz CT molecular complexity index is 697. The number of hydrogen-bond donors (Lipinski definition) is 2. The van der Waals surface area contributed by atoms with E-state index in [-0.39, 0.29) is 42.8 Å². The van der Waals surface area contributed by atoms with Gasteiger partial charge in [0.05, 0.1) is 6.54 Å². The zero-order chi connectivity index (χ0) is 19.3. The van der Waals surface area contributed by atoms with Gasteiger partial charge in [-0.05, 0) is 31.7 Å². The largest absolute Gasteiger partial charge is 0.381 e. The number of nitrogens with one attached hydrogen (secondary N) is 2. The molecule has 2 fully saturated rings. The molecule has 0 aromatic heterocycles. The minimum Gasteiger partial charge on any atom is -0.381 e. The third kappa shape index (κ3) is 4.66. The highest BCUT2D eigenvalue weighted by Gasteiger charge is 2.35. The first-order valence-corrected chi connectivity index (χ1v) is 9.50. The van der Waals surface area contributed by atoms with Crippen molar-refractivity contribution < 1.29 is 19.1 Å². The number of rotatable bonds is 7. The normalized spacial score (nSPS) is 19.1. The fourth-order valence-corrected chi connectivity index (χ4v) is 3.74. The number of benzene rings is 1. The number of hydrogen-bond acceptors (Lipinski definition) is 4. The number of ether oxygens (including phenoxy) is 1. The van der Waals surface area contributed by atoms with Gasteiger partial charge in [-0.3, -0.25) is 14.5 Å². The topological polar surface area (TPSA) is 87.7 Å². The number of imide groups is 1. The maximum Gasteiger partial charge on any atom is 0.324 e. The Balaban J connectivity index is 1.53. The summed E-state index contributed by atoms with van der Waals surface area (Å²) in [5.74, 6) is -0.290. The second kappa shape index (κ2) is 8.52. The van der Waals surface area contributed by atoms with Crippen LogP contribution in [-0.4, -0.2) is 55.6 Å². The molecule has 7 nitrogen and oxygen atoms in total. The molecule has 27 heavy (non-hydrogen) atoms. The van der Waals surface area contributed by atoms with Crippen molar-refractivity contribution >= 4 is 17.8 Å². The Morgan fingerprint density at radius 1 is 1.30 bits per heavy atom. The van der Waals surface area contributed by atoms with Gasteiger partial charge in [0.15, 0.2) is 0 Å². The Hall–Kier alpha value is -2.41. The Labute approximate surface area is 159 Å². The molecule has 1 aromatic rings. The van der Waals surface area contributed by atoms with Crippen molar-refractivity contribution in [2.45, 2.75) is 38.0 Å². The monoisotopic (exact) mass is 373 g/mol. The zero-order valence-electron chi connectivity index (χ0n) is 15.8. The molecular weight excluding hydrogens is 346 g/mol. The molecule has 0 aliphatic carbocycles. The predicted molar refractivity (Wildman–Crippen MR) is 100 cm³/mol. The molecule has 0 unspecified atom stereocenters. The number of aryl methyl sites for hydroxylation is 1. The Morgan fingerprint density at radius 2 is 2.07 bits per heavy atom. The van der Waals surface area contributed by atoms with Crippen molar-refractivity contribution in [3.05, 3.63) is 35.4 Å². The lowest BCUT2D eigenvalue weighted by molar-refractivity contribution is -0.126. The van der Waals surface area contributed by atoms with Gasteiger partial charge >= 0.3 is 6.03 Å². The molecule has 3 rings (SSSR count). The molecule has 4 amide bonds.